The Hall–Kier alpha value is -2.37. The number of ether oxygens (including phenoxy) is 1. The number of hydrogen-bond donors (Lipinski definition) is 1. The first-order valence-electron chi connectivity index (χ1n) is 8.00. The molecule has 0 radical (unpaired) electrons. The molecule has 1 aliphatic heterocycles. The molecule has 1 saturated heterocycles. The number of rotatable bonds is 2. The fourth-order valence-electron chi connectivity index (χ4n) is 3.07. The molecule has 130 valence electrons. The summed E-state index contributed by atoms with van der Waals surface area (Å²) in [6, 6.07) is 14.5. The van der Waals surface area contributed by atoms with Crippen LogP contribution in [-0.2, 0) is 4.74 Å². The van der Waals surface area contributed by atoms with E-state index in [1.165, 1.54) is 6.07 Å². The van der Waals surface area contributed by atoms with Gasteiger partial charge < -0.3 is 15.4 Å². The molecular weight excluding hydrogens is 341 g/mol. The summed E-state index contributed by atoms with van der Waals surface area (Å²) >= 11 is 0. The Bertz CT molecular complexity index is 897. The zero-order valence-corrected chi connectivity index (χ0v) is 14.4. The van der Waals surface area contributed by atoms with Crippen LogP contribution in [0.3, 0.4) is 0 Å². The lowest BCUT2D eigenvalue weighted by Gasteiger charge is -2.28. The summed E-state index contributed by atoms with van der Waals surface area (Å²) in [6.45, 7) is 2.92. The maximum absolute atomic E-state index is 14.4. The smallest absolute Gasteiger partial charge is 0.132 e. The van der Waals surface area contributed by atoms with Gasteiger partial charge in [0, 0.05) is 29.7 Å². The van der Waals surface area contributed by atoms with Gasteiger partial charge in [0.05, 0.1) is 18.9 Å². The molecule has 0 aliphatic carbocycles. The van der Waals surface area contributed by atoms with Crippen LogP contribution in [-0.4, -0.2) is 31.3 Å². The SMILES string of the molecule is Cl.Nc1ccc(F)c(-c2nc(N3CCOCC3)cc3ccccc23)c1. The zero-order chi connectivity index (χ0) is 16.5. The molecule has 4 nitrogen and oxygen atoms in total. The minimum atomic E-state index is -0.319. The van der Waals surface area contributed by atoms with Crippen LogP contribution in [0, 0.1) is 5.82 Å². The Morgan fingerprint density at radius 3 is 2.60 bits per heavy atom. The Labute approximate surface area is 151 Å². The number of pyridine rings is 1. The number of halogens is 2. The molecular formula is C19H19ClFN3O. The second-order valence-electron chi connectivity index (χ2n) is 5.89. The van der Waals surface area contributed by atoms with Crippen LogP contribution in [0.1, 0.15) is 0 Å². The summed E-state index contributed by atoms with van der Waals surface area (Å²) in [5, 5.41) is 1.95. The molecule has 0 spiro atoms. The van der Waals surface area contributed by atoms with Crippen LogP contribution in [0.25, 0.3) is 22.0 Å². The maximum Gasteiger partial charge on any atom is 0.132 e. The number of anilines is 2. The predicted molar refractivity (Wildman–Crippen MR) is 102 cm³/mol. The van der Waals surface area contributed by atoms with Gasteiger partial charge in [0.2, 0.25) is 0 Å². The lowest BCUT2D eigenvalue weighted by atomic mass is 10.0. The third-order valence-electron chi connectivity index (χ3n) is 4.31. The highest BCUT2D eigenvalue weighted by molar-refractivity contribution is 5.96. The molecule has 0 unspecified atom stereocenters. The molecule has 1 aliphatic rings. The number of fused-ring (bicyclic) bond motifs is 1. The minimum absolute atomic E-state index is 0. The molecule has 0 atom stereocenters. The van der Waals surface area contributed by atoms with Gasteiger partial charge in [0.15, 0.2) is 0 Å². The minimum Gasteiger partial charge on any atom is -0.399 e. The summed E-state index contributed by atoms with van der Waals surface area (Å²) in [5.74, 6) is 0.523. The molecule has 0 saturated carbocycles. The predicted octanol–water partition coefficient (Wildman–Crippen LogP) is 3.88. The average Bonchev–Trinajstić information content (AvgIpc) is 2.63. The fraction of sp³-hybridized carbons (Fsp3) is 0.211. The van der Waals surface area contributed by atoms with Crippen LogP contribution in [0.15, 0.2) is 48.5 Å². The molecule has 0 bridgehead atoms. The van der Waals surface area contributed by atoms with E-state index in [-0.39, 0.29) is 18.2 Å². The van der Waals surface area contributed by atoms with Crippen molar-refractivity contribution in [1.82, 2.24) is 4.98 Å². The quantitative estimate of drug-likeness (QED) is 0.705. The molecule has 4 rings (SSSR count). The van der Waals surface area contributed by atoms with Crippen molar-refractivity contribution in [2.24, 2.45) is 0 Å². The van der Waals surface area contributed by atoms with Crippen molar-refractivity contribution in [2.75, 3.05) is 36.9 Å². The van der Waals surface area contributed by atoms with E-state index in [9.17, 15) is 4.39 Å². The van der Waals surface area contributed by atoms with Crippen LogP contribution in [0.4, 0.5) is 15.9 Å². The van der Waals surface area contributed by atoms with Gasteiger partial charge in [-0.15, -0.1) is 12.4 Å². The number of morpholine rings is 1. The number of benzene rings is 2. The Morgan fingerprint density at radius 2 is 1.80 bits per heavy atom. The summed E-state index contributed by atoms with van der Waals surface area (Å²) in [4.78, 5) is 6.94. The summed E-state index contributed by atoms with van der Waals surface area (Å²) in [5.41, 5.74) is 7.45. The van der Waals surface area contributed by atoms with E-state index < -0.39 is 0 Å². The van der Waals surface area contributed by atoms with Crippen molar-refractivity contribution < 1.29 is 9.13 Å². The standard InChI is InChI=1S/C19H18FN3O.ClH/c20-17-6-5-14(21)12-16(17)19-15-4-2-1-3-13(15)11-18(22-19)23-7-9-24-10-8-23;/h1-6,11-12H,7-10,21H2;1H. The highest BCUT2D eigenvalue weighted by Gasteiger charge is 2.17. The Balaban J connectivity index is 0.00000182. The van der Waals surface area contributed by atoms with Gasteiger partial charge in [0.1, 0.15) is 11.6 Å². The van der Waals surface area contributed by atoms with Gasteiger partial charge in [-0.25, -0.2) is 9.37 Å². The second kappa shape index (κ2) is 7.25. The highest BCUT2D eigenvalue weighted by Crippen LogP contribution is 2.33. The molecule has 2 aromatic carbocycles. The molecule has 1 aromatic heterocycles. The fourth-order valence-corrected chi connectivity index (χ4v) is 3.07. The highest BCUT2D eigenvalue weighted by atomic mass is 35.5. The van der Waals surface area contributed by atoms with Gasteiger partial charge in [-0.3, -0.25) is 0 Å². The van der Waals surface area contributed by atoms with Crippen molar-refractivity contribution in [3.05, 3.63) is 54.3 Å². The topological polar surface area (TPSA) is 51.4 Å². The van der Waals surface area contributed by atoms with Gasteiger partial charge in [-0.05, 0) is 29.7 Å². The van der Waals surface area contributed by atoms with Crippen LogP contribution >= 0.6 is 12.4 Å². The molecule has 1 fully saturated rings. The lowest BCUT2D eigenvalue weighted by Crippen LogP contribution is -2.36. The van der Waals surface area contributed by atoms with E-state index in [1.807, 2.05) is 30.3 Å². The summed E-state index contributed by atoms with van der Waals surface area (Å²) in [7, 11) is 0. The number of nitrogen functional groups attached to an aromatic ring is 1. The number of nitrogens with zero attached hydrogens (tertiary/aromatic N) is 2. The Morgan fingerprint density at radius 1 is 1.04 bits per heavy atom. The summed E-state index contributed by atoms with van der Waals surface area (Å²) < 4.78 is 19.8. The van der Waals surface area contributed by atoms with Gasteiger partial charge in [-0.2, -0.15) is 0 Å². The van der Waals surface area contributed by atoms with Crippen molar-refractivity contribution in [3.8, 4) is 11.3 Å². The second-order valence-corrected chi connectivity index (χ2v) is 5.89. The molecule has 2 heterocycles. The largest absolute Gasteiger partial charge is 0.399 e. The maximum atomic E-state index is 14.4. The van der Waals surface area contributed by atoms with Gasteiger partial charge in [-0.1, -0.05) is 24.3 Å². The first-order valence-corrected chi connectivity index (χ1v) is 8.00. The van der Waals surface area contributed by atoms with Crippen LogP contribution < -0.4 is 10.6 Å². The normalized spacial score (nSPS) is 14.4. The van der Waals surface area contributed by atoms with Crippen LogP contribution in [0.2, 0.25) is 0 Å². The zero-order valence-electron chi connectivity index (χ0n) is 13.6. The average molecular weight is 360 g/mol. The van der Waals surface area contributed by atoms with Crippen molar-refractivity contribution in [3.63, 3.8) is 0 Å². The molecule has 2 N–H and O–H groups in total. The molecule has 25 heavy (non-hydrogen) atoms. The van der Waals surface area contributed by atoms with Crippen LogP contribution in [0.5, 0.6) is 0 Å². The number of aromatic nitrogens is 1. The third kappa shape index (κ3) is 3.38. The van der Waals surface area contributed by atoms with Gasteiger partial charge in [0.25, 0.3) is 0 Å². The van der Waals surface area contributed by atoms with E-state index in [4.69, 9.17) is 15.5 Å². The monoisotopic (exact) mass is 359 g/mol. The molecule has 0 amide bonds. The third-order valence-corrected chi connectivity index (χ3v) is 4.31. The van der Waals surface area contributed by atoms with Crippen molar-refractivity contribution in [2.45, 2.75) is 0 Å². The van der Waals surface area contributed by atoms with Crippen molar-refractivity contribution >= 4 is 34.7 Å². The van der Waals surface area contributed by atoms with Gasteiger partial charge >= 0.3 is 0 Å². The van der Waals surface area contributed by atoms with E-state index in [0.717, 1.165) is 29.7 Å². The van der Waals surface area contributed by atoms with E-state index in [2.05, 4.69) is 4.90 Å². The number of hydrogen-bond acceptors (Lipinski definition) is 4. The summed E-state index contributed by atoms with van der Waals surface area (Å²) in [6.07, 6.45) is 0. The first-order chi connectivity index (χ1) is 11.7. The van der Waals surface area contributed by atoms with E-state index in [0.29, 0.717) is 30.2 Å². The first kappa shape index (κ1) is 17.5. The lowest BCUT2D eigenvalue weighted by molar-refractivity contribution is 0.122. The van der Waals surface area contributed by atoms with E-state index >= 15 is 0 Å². The Kier molecular flexibility index (Phi) is 5.06. The van der Waals surface area contributed by atoms with Crippen molar-refractivity contribution in [1.29, 1.82) is 0 Å². The van der Waals surface area contributed by atoms with E-state index in [1.54, 1.807) is 12.1 Å². The number of nitrogens with two attached hydrogens (primary N) is 1. The molecule has 3 aromatic rings. The molecule has 6 heteroatoms.